The molecule has 1 nitrogen and oxygen atoms in total. The van der Waals surface area contributed by atoms with E-state index in [4.69, 9.17) is 23.2 Å². The van der Waals surface area contributed by atoms with Crippen LogP contribution in [-0.2, 0) is 6.54 Å². The second-order valence-corrected chi connectivity index (χ2v) is 6.00. The molecular weight excluding hydrogens is 237 g/mol. The van der Waals surface area contributed by atoms with Crippen LogP contribution in [0.2, 0.25) is 8.67 Å². The molecule has 0 atom stereocenters. The standard InChI is InChI=1S/C10H13Cl2NS/c11-9-5-7(10(12)14-9)6-13-8-3-1-2-4-8/h5,8,13H,1-4,6H2. The molecule has 1 aliphatic carbocycles. The SMILES string of the molecule is Clc1cc(CNC2CCCC2)c(Cl)s1. The Labute approximate surface area is 98.4 Å². The van der Waals surface area contributed by atoms with Gasteiger partial charge in [0, 0.05) is 12.6 Å². The topological polar surface area (TPSA) is 12.0 Å². The van der Waals surface area contributed by atoms with Crippen LogP contribution in [-0.4, -0.2) is 6.04 Å². The molecule has 1 aliphatic rings. The summed E-state index contributed by atoms with van der Waals surface area (Å²) in [4.78, 5) is 0. The number of halogens is 2. The lowest BCUT2D eigenvalue weighted by molar-refractivity contribution is 0.525. The number of hydrogen-bond acceptors (Lipinski definition) is 2. The van der Waals surface area contributed by atoms with Crippen molar-refractivity contribution in [2.24, 2.45) is 0 Å². The summed E-state index contributed by atoms with van der Waals surface area (Å²) < 4.78 is 1.60. The Kier molecular flexibility index (Phi) is 3.72. The van der Waals surface area contributed by atoms with E-state index in [2.05, 4.69) is 5.32 Å². The molecule has 1 aromatic rings. The van der Waals surface area contributed by atoms with Gasteiger partial charge in [-0.25, -0.2) is 0 Å². The molecule has 78 valence electrons. The van der Waals surface area contributed by atoms with Gasteiger partial charge < -0.3 is 5.32 Å². The number of thiophene rings is 1. The minimum absolute atomic E-state index is 0.685. The van der Waals surface area contributed by atoms with E-state index in [0.717, 1.165) is 20.8 Å². The first kappa shape index (κ1) is 10.7. The van der Waals surface area contributed by atoms with Crippen molar-refractivity contribution in [2.45, 2.75) is 38.3 Å². The molecule has 1 N–H and O–H groups in total. The van der Waals surface area contributed by atoms with Crippen molar-refractivity contribution in [3.05, 3.63) is 20.3 Å². The lowest BCUT2D eigenvalue weighted by atomic mass is 10.2. The fraction of sp³-hybridized carbons (Fsp3) is 0.600. The third kappa shape index (κ3) is 2.63. The van der Waals surface area contributed by atoms with Gasteiger partial charge in [-0.1, -0.05) is 36.0 Å². The van der Waals surface area contributed by atoms with Gasteiger partial charge in [0.05, 0.1) is 8.67 Å². The van der Waals surface area contributed by atoms with Crippen LogP contribution in [0.4, 0.5) is 0 Å². The summed E-state index contributed by atoms with van der Waals surface area (Å²) in [6.07, 6.45) is 5.32. The predicted octanol–water partition coefficient (Wildman–Crippen LogP) is 4.09. The first-order valence-corrected chi connectivity index (χ1v) is 6.50. The van der Waals surface area contributed by atoms with E-state index in [1.54, 1.807) is 0 Å². The fourth-order valence-corrected chi connectivity index (χ4v) is 3.37. The molecule has 0 aromatic carbocycles. The first-order chi connectivity index (χ1) is 6.75. The maximum Gasteiger partial charge on any atom is 0.0989 e. The zero-order valence-electron chi connectivity index (χ0n) is 7.85. The average Bonchev–Trinajstić information content (AvgIpc) is 2.72. The van der Waals surface area contributed by atoms with E-state index >= 15 is 0 Å². The molecule has 0 spiro atoms. The Hall–Kier alpha value is 0.240. The highest BCUT2D eigenvalue weighted by atomic mass is 35.5. The largest absolute Gasteiger partial charge is 0.310 e. The summed E-state index contributed by atoms with van der Waals surface area (Å²) in [7, 11) is 0. The van der Waals surface area contributed by atoms with Crippen LogP contribution in [0.5, 0.6) is 0 Å². The fourth-order valence-electron chi connectivity index (χ4n) is 1.88. The van der Waals surface area contributed by atoms with Gasteiger partial charge in [-0.2, -0.15) is 0 Å². The van der Waals surface area contributed by atoms with Crippen LogP contribution in [0.15, 0.2) is 6.07 Å². The van der Waals surface area contributed by atoms with E-state index < -0.39 is 0 Å². The van der Waals surface area contributed by atoms with Gasteiger partial charge in [0.1, 0.15) is 0 Å². The summed E-state index contributed by atoms with van der Waals surface area (Å²) in [5.41, 5.74) is 1.13. The lowest BCUT2D eigenvalue weighted by Gasteiger charge is -2.10. The van der Waals surface area contributed by atoms with Crippen molar-refractivity contribution in [3.63, 3.8) is 0 Å². The zero-order valence-corrected chi connectivity index (χ0v) is 10.2. The third-order valence-corrected chi connectivity index (χ3v) is 4.23. The van der Waals surface area contributed by atoms with Crippen LogP contribution in [0.3, 0.4) is 0 Å². The number of hydrogen-bond donors (Lipinski definition) is 1. The second kappa shape index (κ2) is 4.84. The van der Waals surface area contributed by atoms with Crippen molar-refractivity contribution in [2.75, 3.05) is 0 Å². The van der Waals surface area contributed by atoms with Crippen molar-refractivity contribution in [1.29, 1.82) is 0 Å². The van der Waals surface area contributed by atoms with Gasteiger partial charge in [-0.05, 0) is 24.5 Å². The van der Waals surface area contributed by atoms with Crippen molar-refractivity contribution < 1.29 is 0 Å². The Morgan fingerprint density at radius 3 is 2.64 bits per heavy atom. The molecule has 0 amide bonds. The van der Waals surface area contributed by atoms with Gasteiger partial charge in [0.25, 0.3) is 0 Å². The Balaban J connectivity index is 1.87. The number of nitrogens with one attached hydrogen (secondary N) is 1. The molecule has 1 saturated carbocycles. The molecule has 0 unspecified atom stereocenters. The minimum Gasteiger partial charge on any atom is -0.310 e. The van der Waals surface area contributed by atoms with E-state index in [1.807, 2.05) is 6.07 Å². The van der Waals surface area contributed by atoms with Crippen molar-refractivity contribution in [1.82, 2.24) is 5.32 Å². The normalized spacial score (nSPS) is 17.9. The molecule has 0 saturated heterocycles. The highest BCUT2D eigenvalue weighted by Gasteiger charge is 2.15. The molecule has 4 heteroatoms. The predicted molar refractivity (Wildman–Crippen MR) is 63.4 cm³/mol. The summed E-state index contributed by atoms with van der Waals surface area (Å²) in [5.74, 6) is 0. The quantitative estimate of drug-likeness (QED) is 0.852. The van der Waals surface area contributed by atoms with Crippen LogP contribution in [0.25, 0.3) is 0 Å². The summed E-state index contributed by atoms with van der Waals surface area (Å²) >= 11 is 13.3. The molecular formula is C10H13Cl2NS. The lowest BCUT2D eigenvalue weighted by Crippen LogP contribution is -2.25. The van der Waals surface area contributed by atoms with Crippen molar-refractivity contribution >= 4 is 34.5 Å². The van der Waals surface area contributed by atoms with E-state index in [1.165, 1.54) is 37.0 Å². The van der Waals surface area contributed by atoms with Crippen LogP contribution in [0.1, 0.15) is 31.2 Å². The zero-order chi connectivity index (χ0) is 9.97. The molecule has 1 heterocycles. The smallest absolute Gasteiger partial charge is 0.0989 e. The first-order valence-electron chi connectivity index (χ1n) is 4.93. The van der Waals surface area contributed by atoms with Gasteiger partial charge in [0.2, 0.25) is 0 Å². The van der Waals surface area contributed by atoms with Crippen LogP contribution in [0, 0.1) is 0 Å². The minimum atomic E-state index is 0.685. The average molecular weight is 250 g/mol. The number of rotatable bonds is 3. The third-order valence-electron chi connectivity index (χ3n) is 2.66. The maximum atomic E-state index is 6.02. The summed E-state index contributed by atoms with van der Waals surface area (Å²) in [6.45, 7) is 0.854. The molecule has 1 aromatic heterocycles. The van der Waals surface area contributed by atoms with E-state index in [-0.39, 0.29) is 0 Å². The molecule has 14 heavy (non-hydrogen) atoms. The van der Waals surface area contributed by atoms with Gasteiger partial charge in [-0.15, -0.1) is 11.3 Å². The van der Waals surface area contributed by atoms with Gasteiger partial charge in [0.15, 0.2) is 0 Å². The maximum absolute atomic E-state index is 6.02. The van der Waals surface area contributed by atoms with E-state index in [0.29, 0.717) is 6.04 Å². The Morgan fingerprint density at radius 1 is 1.36 bits per heavy atom. The van der Waals surface area contributed by atoms with E-state index in [9.17, 15) is 0 Å². The summed E-state index contributed by atoms with van der Waals surface area (Å²) in [5, 5.41) is 3.52. The molecule has 2 rings (SSSR count). The molecule has 0 bridgehead atoms. The highest BCUT2D eigenvalue weighted by Crippen LogP contribution is 2.31. The molecule has 0 aliphatic heterocycles. The molecule has 0 radical (unpaired) electrons. The highest BCUT2D eigenvalue weighted by molar-refractivity contribution is 7.20. The van der Waals surface area contributed by atoms with Gasteiger partial charge >= 0.3 is 0 Å². The van der Waals surface area contributed by atoms with Crippen molar-refractivity contribution in [3.8, 4) is 0 Å². The van der Waals surface area contributed by atoms with Gasteiger partial charge in [-0.3, -0.25) is 0 Å². The van der Waals surface area contributed by atoms with Crippen LogP contribution >= 0.6 is 34.5 Å². The Morgan fingerprint density at radius 2 is 2.07 bits per heavy atom. The second-order valence-electron chi connectivity index (χ2n) is 3.71. The molecule has 1 fully saturated rings. The monoisotopic (exact) mass is 249 g/mol. The Bertz CT molecular complexity index is 305. The summed E-state index contributed by atoms with van der Waals surface area (Å²) in [6, 6.07) is 2.64. The van der Waals surface area contributed by atoms with Crippen LogP contribution < -0.4 is 5.32 Å².